The van der Waals surface area contributed by atoms with Crippen LogP contribution in [0.15, 0.2) is 23.7 Å². The van der Waals surface area contributed by atoms with E-state index in [4.69, 9.17) is 10.00 Å². The maximum Gasteiger partial charge on any atom is 0.265 e. The molecule has 3 heterocycles. The predicted molar refractivity (Wildman–Crippen MR) is 93.0 cm³/mol. The molecule has 0 aliphatic carbocycles. The Balaban J connectivity index is 0.00000208. The number of methoxy groups -OCH3 is 1. The number of ether oxygens (including phenoxy) is 1. The van der Waals surface area contributed by atoms with Crippen LogP contribution in [0.5, 0.6) is 5.88 Å². The molecular weight excluding hydrogens is 350 g/mol. The maximum absolute atomic E-state index is 12.5. The number of anilines is 1. The second-order valence-corrected chi connectivity index (χ2v) is 5.87. The van der Waals surface area contributed by atoms with E-state index in [1.165, 1.54) is 11.3 Å². The Hall–Kier alpha value is -2.37. The molecule has 2 aromatic rings. The lowest BCUT2D eigenvalue weighted by Gasteiger charge is -2.34. The van der Waals surface area contributed by atoms with E-state index in [-0.39, 0.29) is 18.3 Å². The van der Waals surface area contributed by atoms with E-state index in [0.29, 0.717) is 48.4 Å². The van der Waals surface area contributed by atoms with E-state index in [0.717, 1.165) is 0 Å². The summed E-state index contributed by atoms with van der Waals surface area (Å²) in [4.78, 5) is 25.4. The minimum Gasteiger partial charge on any atom is -0.481 e. The highest BCUT2D eigenvalue weighted by molar-refractivity contribution is 7.12. The van der Waals surface area contributed by atoms with Crippen LogP contribution in [0.1, 0.15) is 15.2 Å². The molecule has 0 aromatic carbocycles. The molecule has 24 heavy (non-hydrogen) atoms. The Morgan fingerprint density at radius 1 is 1.33 bits per heavy atom. The molecular formula is C15H16ClN5O2S. The van der Waals surface area contributed by atoms with Gasteiger partial charge in [0.25, 0.3) is 5.91 Å². The van der Waals surface area contributed by atoms with Gasteiger partial charge in [0.1, 0.15) is 10.9 Å². The van der Waals surface area contributed by atoms with Gasteiger partial charge in [-0.25, -0.2) is 4.98 Å². The maximum atomic E-state index is 12.5. The van der Waals surface area contributed by atoms with Crippen LogP contribution in [0.25, 0.3) is 0 Å². The van der Waals surface area contributed by atoms with Crippen LogP contribution < -0.4 is 9.64 Å². The van der Waals surface area contributed by atoms with Gasteiger partial charge in [0.2, 0.25) is 11.8 Å². The zero-order valence-corrected chi connectivity index (χ0v) is 14.6. The molecule has 3 rings (SSSR count). The average molecular weight is 366 g/mol. The zero-order chi connectivity index (χ0) is 16.2. The molecule has 1 aliphatic rings. The van der Waals surface area contributed by atoms with Gasteiger partial charge < -0.3 is 14.5 Å². The van der Waals surface area contributed by atoms with Gasteiger partial charge in [-0.2, -0.15) is 10.2 Å². The Bertz CT molecular complexity index is 752. The number of hydrogen-bond donors (Lipinski definition) is 0. The number of carbonyl (C=O) groups is 1. The fourth-order valence-electron chi connectivity index (χ4n) is 2.41. The molecule has 7 nitrogen and oxygen atoms in total. The van der Waals surface area contributed by atoms with Crippen LogP contribution in [0.4, 0.5) is 5.95 Å². The third kappa shape index (κ3) is 3.58. The number of thiophene rings is 1. The van der Waals surface area contributed by atoms with Crippen LogP contribution in [0.3, 0.4) is 0 Å². The molecule has 1 amide bonds. The Kier molecular flexibility index (Phi) is 5.95. The topological polar surface area (TPSA) is 82.4 Å². The first-order valence-electron chi connectivity index (χ1n) is 7.12. The summed E-state index contributed by atoms with van der Waals surface area (Å²) in [7, 11) is 1.57. The number of rotatable bonds is 3. The first-order chi connectivity index (χ1) is 11.2. The Morgan fingerprint density at radius 3 is 2.75 bits per heavy atom. The normalized spacial score (nSPS) is 13.8. The van der Waals surface area contributed by atoms with Gasteiger partial charge >= 0.3 is 0 Å². The largest absolute Gasteiger partial charge is 0.481 e. The standard InChI is InChI=1S/C15H15N5O2S.ClH/c1-22-12-2-4-17-15(18-12)20-7-5-19(6-8-20)14(21)13-11(10-16)3-9-23-13;/h2-4,9H,5-8H2,1H3;1H. The van der Waals surface area contributed by atoms with E-state index in [1.54, 1.807) is 35.7 Å². The van der Waals surface area contributed by atoms with Gasteiger partial charge in [-0.05, 0) is 11.4 Å². The highest BCUT2D eigenvalue weighted by Gasteiger charge is 2.25. The summed E-state index contributed by atoms with van der Waals surface area (Å²) in [6.45, 7) is 2.43. The predicted octanol–water partition coefficient (Wildman–Crippen LogP) is 1.80. The highest BCUT2D eigenvalue weighted by atomic mass is 35.5. The van der Waals surface area contributed by atoms with E-state index in [2.05, 4.69) is 16.0 Å². The van der Waals surface area contributed by atoms with Crippen molar-refractivity contribution in [2.75, 3.05) is 38.2 Å². The van der Waals surface area contributed by atoms with Crippen LogP contribution in [0, 0.1) is 11.3 Å². The van der Waals surface area contributed by atoms with Crippen molar-refractivity contribution in [3.05, 3.63) is 34.2 Å². The number of carbonyl (C=O) groups excluding carboxylic acids is 1. The number of nitriles is 1. The molecule has 0 spiro atoms. The lowest BCUT2D eigenvalue weighted by atomic mass is 10.2. The molecule has 2 aromatic heterocycles. The third-order valence-corrected chi connectivity index (χ3v) is 4.56. The molecule has 0 N–H and O–H groups in total. The molecule has 0 unspecified atom stereocenters. The quantitative estimate of drug-likeness (QED) is 0.824. The number of amides is 1. The van der Waals surface area contributed by atoms with E-state index in [1.807, 2.05) is 4.90 Å². The van der Waals surface area contributed by atoms with Crippen molar-refractivity contribution in [1.82, 2.24) is 14.9 Å². The second-order valence-electron chi connectivity index (χ2n) is 4.95. The second kappa shape index (κ2) is 7.95. The van der Waals surface area contributed by atoms with E-state index >= 15 is 0 Å². The van der Waals surface area contributed by atoms with Crippen LogP contribution >= 0.6 is 23.7 Å². The number of piperazine rings is 1. The summed E-state index contributed by atoms with van der Waals surface area (Å²) in [6, 6.07) is 5.44. The summed E-state index contributed by atoms with van der Waals surface area (Å²) < 4.78 is 5.11. The molecule has 0 atom stereocenters. The third-order valence-electron chi connectivity index (χ3n) is 3.66. The van der Waals surface area contributed by atoms with Crippen molar-refractivity contribution < 1.29 is 9.53 Å². The Labute approximate surface area is 149 Å². The minimum atomic E-state index is -0.0808. The van der Waals surface area contributed by atoms with Crippen molar-refractivity contribution in [2.24, 2.45) is 0 Å². The molecule has 9 heteroatoms. The van der Waals surface area contributed by atoms with Gasteiger partial charge in [-0.15, -0.1) is 23.7 Å². The van der Waals surface area contributed by atoms with Crippen LogP contribution in [-0.4, -0.2) is 54.1 Å². The lowest BCUT2D eigenvalue weighted by molar-refractivity contribution is 0.0751. The SMILES string of the molecule is COc1ccnc(N2CCN(C(=O)c3sccc3C#N)CC2)n1.Cl. The summed E-state index contributed by atoms with van der Waals surface area (Å²) in [5, 5.41) is 10.8. The molecule has 1 fully saturated rings. The molecule has 1 saturated heterocycles. The molecule has 0 radical (unpaired) electrons. The monoisotopic (exact) mass is 365 g/mol. The van der Waals surface area contributed by atoms with Gasteiger partial charge in [0.15, 0.2) is 0 Å². The van der Waals surface area contributed by atoms with E-state index < -0.39 is 0 Å². The van der Waals surface area contributed by atoms with Crippen molar-refractivity contribution in [3.8, 4) is 11.9 Å². The van der Waals surface area contributed by atoms with Crippen molar-refractivity contribution >= 4 is 35.6 Å². The smallest absolute Gasteiger partial charge is 0.265 e. The number of halogens is 1. The minimum absolute atomic E-state index is 0. The van der Waals surface area contributed by atoms with Crippen molar-refractivity contribution in [3.63, 3.8) is 0 Å². The number of hydrogen-bond acceptors (Lipinski definition) is 7. The van der Waals surface area contributed by atoms with Gasteiger partial charge in [-0.3, -0.25) is 4.79 Å². The summed E-state index contributed by atoms with van der Waals surface area (Å²) in [5.74, 6) is 1.04. The fraction of sp³-hybridized carbons (Fsp3) is 0.333. The van der Waals surface area contributed by atoms with Gasteiger partial charge in [0, 0.05) is 38.4 Å². The summed E-state index contributed by atoms with van der Waals surface area (Å²) >= 11 is 1.31. The van der Waals surface area contributed by atoms with E-state index in [9.17, 15) is 4.79 Å². The average Bonchev–Trinajstić information content (AvgIpc) is 3.10. The highest BCUT2D eigenvalue weighted by Crippen LogP contribution is 2.20. The first-order valence-corrected chi connectivity index (χ1v) is 7.99. The van der Waals surface area contributed by atoms with Crippen LogP contribution in [0.2, 0.25) is 0 Å². The molecule has 1 aliphatic heterocycles. The number of nitrogens with zero attached hydrogens (tertiary/aromatic N) is 5. The van der Waals surface area contributed by atoms with Crippen LogP contribution in [-0.2, 0) is 0 Å². The lowest BCUT2D eigenvalue weighted by Crippen LogP contribution is -2.49. The summed E-state index contributed by atoms with van der Waals surface area (Å²) in [6.07, 6.45) is 1.66. The zero-order valence-electron chi connectivity index (χ0n) is 13.0. The van der Waals surface area contributed by atoms with Gasteiger partial charge in [-0.1, -0.05) is 0 Å². The van der Waals surface area contributed by atoms with Gasteiger partial charge in [0.05, 0.1) is 12.7 Å². The first kappa shape index (κ1) is 18.0. The summed E-state index contributed by atoms with van der Waals surface area (Å²) in [5.41, 5.74) is 0.443. The van der Waals surface area contributed by atoms with Crippen molar-refractivity contribution in [1.29, 1.82) is 5.26 Å². The fourth-order valence-corrected chi connectivity index (χ4v) is 3.23. The molecule has 0 saturated carbocycles. The number of aromatic nitrogens is 2. The van der Waals surface area contributed by atoms with Crippen molar-refractivity contribution in [2.45, 2.75) is 0 Å². The molecule has 0 bridgehead atoms. The molecule has 126 valence electrons. The Morgan fingerprint density at radius 2 is 2.08 bits per heavy atom.